The Labute approximate surface area is 251 Å². The number of nitrogens with zero attached hydrogens (tertiary/aromatic N) is 4. The van der Waals surface area contributed by atoms with E-state index in [0.717, 1.165) is 34.5 Å². The SMILES string of the molecule is COCCNCc1ccc(Nc2cc(-c3cccc(N4CCc5cc(N(C)C)ccc5C4=O)c3CO)cn(C)c2=O)nc1. The first-order valence-corrected chi connectivity index (χ1v) is 14.3. The van der Waals surface area contributed by atoms with Gasteiger partial charge in [0.25, 0.3) is 11.5 Å². The normalized spacial score (nSPS) is 12.8. The average molecular weight is 583 g/mol. The van der Waals surface area contributed by atoms with Gasteiger partial charge in [-0.05, 0) is 59.5 Å². The van der Waals surface area contributed by atoms with Crippen LogP contribution in [-0.4, -0.2) is 61.5 Å². The van der Waals surface area contributed by atoms with Crippen LogP contribution in [0.1, 0.15) is 27.0 Å². The van der Waals surface area contributed by atoms with Crippen molar-refractivity contribution in [2.45, 2.75) is 19.6 Å². The lowest BCUT2D eigenvalue weighted by Crippen LogP contribution is -2.38. The van der Waals surface area contributed by atoms with E-state index in [-0.39, 0.29) is 18.1 Å². The van der Waals surface area contributed by atoms with Gasteiger partial charge < -0.3 is 34.8 Å². The van der Waals surface area contributed by atoms with Crippen LogP contribution in [0.2, 0.25) is 0 Å². The lowest BCUT2D eigenvalue weighted by molar-refractivity contribution is 0.0980. The van der Waals surface area contributed by atoms with E-state index < -0.39 is 0 Å². The zero-order chi connectivity index (χ0) is 30.5. The van der Waals surface area contributed by atoms with Crippen molar-refractivity contribution in [3.8, 4) is 11.1 Å². The highest BCUT2D eigenvalue weighted by molar-refractivity contribution is 6.09. The van der Waals surface area contributed by atoms with Crippen LogP contribution in [0.15, 0.2) is 71.8 Å². The summed E-state index contributed by atoms with van der Waals surface area (Å²) in [5.74, 6) is 0.450. The van der Waals surface area contributed by atoms with Gasteiger partial charge in [-0.1, -0.05) is 18.2 Å². The van der Waals surface area contributed by atoms with Gasteiger partial charge in [0.2, 0.25) is 0 Å². The molecule has 3 N–H and O–H groups in total. The minimum Gasteiger partial charge on any atom is -0.392 e. The fourth-order valence-electron chi connectivity index (χ4n) is 5.34. The molecule has 0 saturated carbocycles. The van der Waals surface area contributed by atoms with E-state index in [9.17, 15) is 14.7 Å². The van der Waals surface area contributed by atoms with Crippen molar-refractivity contribution < 1.29 is 14.6 Å². The van der Waals surface area contributed by atoms with Crippen molar-refractivity contribution in [2.75, 3.05) is 56.0 Å². The molecule has 10 nitrogen and oxygen atoms in total. The monoisotopic (exact) mass is 582 g/mol. The van der Waals surface area contributed by atoms with Gasteiger partial charge in [0, 0.05) is 82.7 Å². The van der Waals surface area contributed by atoms with Crippen molar-refractivity contribution in [1.29, 1.82) is 0 Å². The summed E-state index contributed by atoms with van der Waals surface area (Å²) in [6, 6.07) is 17.1. The number of aryl methyl sites for hydroxylation is 1. The molecular formula is C33H38N6O4. The van der Waals surface area contributed by atoms with Gasteiger partial charge in [-0.25, -0.2) is 4.98 Å². The molecule has 224 valence electrons. The van der Waals surface area contributed by atoms with Gasteiger partial charge in [0.05, 0.1) is 18.9 Å². The number of rotatable bonds is 11. The minimum atomic E-state index is -0.269. The summed E-state index contributed by atoms with van der Waals surface area (Å²) in [6.45, 7) is 2.27. The number of aliphatic hydroxyl groups excluding tert-OH is 1. The quantitative estimate of drug-likeness (QED) is 0.230. The number of hydrogen-bond donors (Lipinski definition) is 3. The van der Waals surface area contributed by atoms with Gasteiger partial charge in [-0.2, -0.15) is 0 Å². The van der Waals surface area contributed by atoms with E-state index in [0.29, 0.717) is 54.4 Å². The Bertz CT molecular complexity index is 1670. The third-order valence-electron chi connectivity index (χ3n) is 7.68. The Kier molecular flexibility index (Phi) is 9.20. The molecule has 2 aromatic carbocycles. The number of nitrogens with one attached hydrogen (secondary N) is 2. The van der Waals surface area contributed by atoms with Crippen molar-refractivity contribution >= 4 is 28.8 Å². The summed E-state index contributed by atoms with van der Waals surface area (Å²) in [6.07, 6.45) is 4.21. The molecule has 0 saturated heterocycles. The maximum atomic E-state index is 13.6. The predicted octanol–water partition coefficient (Wildman–Crippen LogP) is 3.69. The Hall–Kier alpha value is -4.51. The number of methoxy groups -OCH3 is 1. The summed E-state index contributed by atoms with van der Waals surface area (Å²) < 4.78 is 6.56. The second-order valence-corrected chi connectivity index (χ2v) is 10.8. The molecule has 0 atom stereocenters. The highest BCUT2D eigenvalue weighted by atomic mass is 16.5. The van der Waals surface area contributed by atoms with Crippen LogP contribution in [0, 0.1) is 0 Å². The Morgan fingerprint density at radius 2 is 1.91 bits per heavy atom. The number of pyridine rings is 2. The lowest BCUT2D eigenvalue weighted by Gasteiger charge is -2.31. The molecule has 5 rings (SSSR count). The van der Waals surface area contributed by atoms with Gasteiger partial charge >= 0.3 is 0 Å². The van der Waals surface area contributed by atoms with Crippen LogP contribution >= 0.6 is 0 Å². The van der Waals surface area contributed by atoms with Crippen LogP contribution in [-0.2, 0) is 31.4 Å². The van der Waals surface area contributed by atoms with Gasteiger partial charge in [-0.3, -0.25) is 9.59 Å². The van der Waals surface area contributed by atoms with Crippen LogP contribution in [0.4, 0.5) is 22.9 Å². The summed E-state index contributed by atoms with van der Waals surface area (Å²) in [4.78, 5) is 34.9. The molecule has 1 amide bonds. The van der Waals surface area contributed by atoms with Crippen LogP contribution < -0.4 is 26.0 Å². The number of fused-ring (bicyclic) bond motifs is 1. The van der Waals surface area contributed by atoms with Crippen molar-refractivity contribution in [3.05, 3.63) is 99.6 Å². The fraction of sp³-hybridized carbons (Fsp3) is 0.303. The Morgan fingerprint density at radius 3 is 2.63 bits per heavy atom. The predicted molar refractivity (Wildman–Crippen MR) is 170 cm³/mol. The topological polar surface area (TPSA) is 112 Å². The highest BCUT2D eigenvalue weighted by Crippen LogP contribution is 2.35. The second-order valence-electron chi connectivity index (χ2n) is 10.8. The highest BCUT2D eigenvalue weighted by Gasteiger charge is 2.28. The second kappa shape index (κ2) is 13.2. The number of aromatic nitrogens is 2. The number of carbonyl (C=O) groups excluding carboxylic acids is 1. The number of amides is 1. The summed E-state index contributed by atoms with van der Waals surface area (Å²) in [5, 5.41) is 17.0. The molecule has 0 spiro atoms. The summed E-state index contributed by atoms with van der Waals surface area (Å²) >= 11 is 0. The molecule has 3 heterocycles. The molecule has 1 aliphatic rings. The van der Waals surface area contributed by atoms with E-state index >= 15 is 0 Å². The standard InChI is InChI=1S/C33H38N6O4/c1-37(2)25-9-10-27-23(16-25)12-14-39(32(27)41)30-7-5-6-26(28(30)21-40)24-17-29(33(42)38(3)20-24)36-31-11-8-22(19-35-31)18-34-13-15-43-4/h5-11,16-17,19-20,34,40H,12-15,18,21H2,1-4H3,(H,35,36). The third-order valence-corrected chi connectivity index (χ3v) is 7.68. The van der Waals surface area contributed by atoms with Crippen molar-refractivity contribution in [2.24, 2.45) is 7.05 Å². The van der Waals surface area contributed by atoms with Crippen LogP contribution in [0.3, 0.4) is 0 Å². The van der Waals surface area contributed by atoms with E-state index in [1.165, 1.54) is 4.57 Å². The molecule has 4 aromatic rings. The molecular weight excluding hydrogens is 544 g/mol. The van der Waals surface area contributed by atoms with Gasteiger partial charge in [0.1, 0.15) is 11.5 Å². The van der Waals surface area contributed by atoms with Crippen molar-refractivity contribution in [1.82, 2.24) is 14.9 Å². The first kappa shape index (κ1) is 30.0. The van der Waals surface area contributed by atoms with E-state index in [2.05, 4.69) is 21.7 Å². The minimum absolute atomic E-state index is 0.0929. The summed E-state index contributed by atoms with van der Waals surface area (Å²) in [7, 11) is 7.32. The van der Waals surface area contributed by atoms with E-state index in [4.69, 9.17) is 4.74 Å². The largest absolute Gasteiger partial charge is 0.392 e. The molecule has 10 heteroatoms. The Balaban J connectivity index is 1.43. The lowest BCUT2D eigenvalue weighted by atomic mass is 9.94. The molecule has 2 aromatic heterocycles. The third kappa shape index (κ3) is 6.46. The maximum Gasteiger partial charge on any atom is 0.274 e. The Morgan fingerprint density at radius 1 is 1.07 bits per heavy atom. The number of hydrogen-bond acceptors (Lipinski definition) is 8. The van der Waals surface area contributed by atoms with Crippen molar-refractivity contribution in [3.63, 3.8) is 0 Å². The first-order chi connectivity index (χ1) is 20.8. The number of anilines is 4. The van der Waals surface area contributed by atoms with E-state index in [1.54, 1.807) is 37.5 Å². The maximum absolute atomic E-state index is 13.6. The molecule has 43 heavy (non-hydrogen) atoms. The number of ether oxygens (including phenoxy) is 1. The fourth-order valence-corrected chi connectivity index (χ4v) is 5.34. The smallest absolute Gasteiger partial charge is 0.274 e. The summed E-state index contributed by atoms with van der Waals surface area (Å²) in [5.41, 5.74) is 6.66. The van der Waals surface area contributed by atoms with Gasteiger partial charge in [0.15, 0.2) is 0 Å². The molecule has 0 bridgehead atoms. The zero-order valence-corrected chi connectivity index (χ0v) is 25.1. The molecule has 1 aliphatic heterocycles. The van der Waals surface area contributed by atoms with Gasteiger partial charge in [-0.15, -0.1) is 0 Å². The number of aliphatic hydroxyl groups is 1. The number of benzene rings is 2. The van der Waals surface area contributed by atoms with Crippen LogP contribution in [0.5, 0.6) is 0 Å². The van der Waals surface area contributed by atoms with Crippen LogP contribution in [0.25, 0.3) is 11.1 Å². The molecule has 0 fully saturated rings. The van der Waals surface area contributed by atoms with E-state index in [1.807, 2.05) is 61.5 Å². The molecule has 0 radical (unpaired) electrons. The number of carbonyl (C=O) groups is 1. The zero-order valence-electron chi connectivity index (χ0n) is 25.1. The molecule has 0 aliphatic carbocycles. The first-order valence-electron chi connectivity index (χ1n) is 14.3. The average Bonchev–Trinajstić information content (AvgIpc) is 3.01. The molecule has 0 unspecified atom stereocenters.